The third-order valence-corrected chi connectivity index (χ3v) is 8.09. The third kappa shape index (κ3) is 5.05. The number of hydrogen-bond donors (Lipinski definition) is 0. The Morgan fingerprint density at radius 3 is 2.19 bits per heavy atom. The highest BCUT2D eigenvalue weighted by Gasteiger charge is 2.31. The van der Waals surface area contributed by atoms with Crippen LogP contribution in [-0.2, 0) is 10.0 Å². The number of aromatic nitrogens is 2. The molecule has 1 aromatic heterocycles. The minimum Gasteiger partial charge on any atom is -0.341 e. The van der Waals surface area contributed by atoms with Gasteiger partial charge in [-0.3, -0.25) is 4.90 Å². The van der Waals surface area contributed by atoms with Gasteiger partial charge in [-0.15, -0.1) is 0 Å². The maximum absolute atomic E-state index is 13.2. The van der Waals surface area contributed by atoms with Gasteiger partial charge in [-0.2, -0.15) is 4.31 Å². The molecular formula is C22H30FN5O2S. The van der Waals surface area contributed by atoms with Crippen LogP contribution in [0.3, 0.4) is 0 Å². The summed E-state index contributed by atoms with van der Waals surface area (Å²) in [6.45, 7) is 8.35. The van der Waals surface area contributed by atoms with Crippen molar-refractivity contribution in [3.05, 3.63) is 47.5 Å². The molecule has 7 nitrogen and oxygen atoms in total. The average Bonchev–Trinajstić information content (AvgIpc) is 3.00. The Bertz CT molecular complexity index is 987. The van der Waals surface area contributed by atoms with Gasteiger partial charge in [0.25, 0.3) is 0 Å². The maximum Gasteiger partial charge on any atom is 0.243 e. The van der Waals surface area contributed by atoms with Crippen molar-refractivity contribution in [1.82, 2.24) is 19.2 Å². The Balaban J connectivity index is 1.36. The lowest BCUT2D eigenvalue weighted by Gasteiger charge is -2.38. The molecule has 2 aliphatic heterocycles. The number of halogens is 1. The zero-order valence-corrected chi connectivity index (χ0v) is 19.0. The molecule has 0 atom stereocenters. The number of hydrogen-bond acceptors (Lipinski definition) is 6. The number of rotatable bonds is 4. The summed E-state index contributed by atoms with van der Waals surface area (Å²) >= 11 is 0. The molecular weight excluding hydrogens is 417 g/mol. The van der Waals surface area contributed by atoms with Crippen LogP contribution in [0.5, 0.6) is 0 Å². The Hall–Kier alpha value is -2.10. The molecule has 2 saturated heterocycles. The molecule has 2 aliphatic rings. The summed E-state index contributed by atoms with van der Waals surface area (Å²) in [7, 11) is -3.59. The topological polar surface area (TPSA) is 69.6 Å². The normalized spacial score (nSPS) is 20.0. The van der Waals surface area contributed by atoms with Crippen LogP contribution in [0.4, 0.5) is 10.3 Å². The van der Waals surface area contributed by atoms with E-state index in [9.17, 15) is 12.8 Å². The molecule has 31 heavy (non-hydrogen) atoms. The minimum absolute atomic E-state index is 0.157. The van der Waals surface area contributed by atoms with E-state index >= 15 is 0 Å². The summed E-state index contributed by atoms with van der Waals surface area (Å²) in [5.74, 6) is 0.377. The first-order valence-electron chi connectivity index (χ1n) is 10.9. The standard InChI is InChI=1S/C22H30FN5O2S/c1-17-16-18(2)25-22(24-17)27-12-8-20(9-13-27)26-10-3-11-28(15-14-26)31(29,30)21-6-4-19(23)5-7-21/h4-7,16,20H,3,8-15H2,1-2H3. The molecule has 0 amide bonds. The minimum atomic E-state index is -3.59. The highest BCUT2D eigenvalue weighted by Crippen LogP contribution is 2.23. The highest BCUT2D eigenvalue weighted by atomic mass is 32.2. The van der Waals surface area contributed by atoms with E-state index in [0.717, 1.165) is 56.2 Å². The van der Waals surface area contributed by atoms with Crippen molar-refractivity contribution < 1.29 is 12.8 Å². The van der Waals surface area contributed by atoms with Gasteiger partial charge in [0.1, 0.15) is 5.82 Å². The van der Waals surface area contributed by atoms with Crippen LogP contribution in [-0.4, -0.2) is 72.9 Å². The van der Waals surface area contributed by atoms with Gasteiger partial charge in [0, 0.05) is 50.2 Å². The summed E-state index contributed by atoms with van der Waals surface area (Å²) < 4.78 is 40.6. The Morgan fingerprint density at radius 1 is 0.903 bits per heavy atom. The van der Waals surface area contributed by atoms with E-state index in [4.69, 9.17) is 0 Å². The number of piperidine rings is 1. The second-order valence-corrected chi connectivity index (χ2v) is 10.4. The Morgan fingerprint density at radius 2 is 1.55 bits per heavy atom. The van der Waals surface area contributed by atoms with E-state index in [1.807, 2.05) is 19.9 Å². The first-order chi connectivity index (χ1) is 14.8. The molecule has 0 saturated carbocycles. The van der Waals surface area contributed by atoms with Crippen LogP contribution in [0.2, 0.25) is 0 Å². The zero-order valence-electron chi connectivity index (χ0n) is 18.2. The predicted octanol–water partition coefficient (Wildman–Crippen LogP) is 2.60. The fourth-order valence-electron chi connectivity index (χ4n) is 4.55. The summed E-state index contributed by atoms with van der Waals surface area (Å²) in [6, 6.07) is 7.51. The Labute approximate surface area is 184 Å². The number of anilines is 1. The zero-order chi connectivity index (χ0) is 22.0. The van der Waals surface area contributed by atoms with Crippen molar-refractivity contribution >= 4 is 16.0 Å². The second-order valence-electron chi connectivity index (χ2n) is 8.42. The molecule has 1 aromatic carbocycles. The molecule has 0 unspecified atom stereocenters. The van der Waals surface area contributed by atoms with Gasteiger partial charge in [0.05, 0.1) is 4.90 Å². The van der Waals surface area contributed by atoms with E-state index < -0.39 is 15.8 Å². The smallest absolute Gasteiger partial charge is 0.243 e. The van der Waals surface area contributed by atoms with Crippen molar-refractivity contribution in [2.45, 2.75) is 44.0 Å². The molecule has 4 rings (SSSR count). The molecule has 3 heterocycles. The summed E-state index contributed by atoms with van der Waals surface area (Å²) in [5, 5.41) is 0. The van der Waals surface area contributed by atoms with Crippen LogP contribution in [0, 0.1) is 19.7 Å². The molecule has 0 spiro atoms. The quantitative estimate of drug-likeness (QED) is 0.718. The molecule has 2 fully saturated rings. The lowest BCUT2D eigenvalue weighted by Crippen LogP contribution is -2.46. The van der Waals surface area contributed by atoms with Crippen molar-refractivity contribution in [2.24, 2.45) is 0 Å². The number of benzene rings is 1. The fourth-order valence-corrected chi connectivity index (χ4v) is 6.02. The Kier molecular flexibility index (Phi) is 6.55. The van der Waals surface area contributed by atoms with Gasteiger partial charge in [0.15, 0.2) is 0 Å². The van der Waals surface area contributed by atoms with Gasteiger partial charge in [-0.25, -0.2) is 22.8 Å². The fraction of sp³-hybridized carbons (Fsp3) is 0.545. The lowest BCUT2D eigenvalue weighted by molar-refractivity contribution is 0.177. The van der Waals surface area contributed by atoms with E-state index in [2.05, 4.69) is 19.8 Å². The van der Waals surface area contributed by atoms with E-state index in [0.29, 0.717) is 25.7 Å². The van der Waals surface area contributed by atoms with Gasteiger partial charge >= 0.3 is 0 Å². The summed E-state index contributed by atoms with van der Waals surface area (Å²) in [5.41, 5.74) is 1.97. The van der Waals surface area contributed by atoms with Crippen LogP contribution in [0.1, 0.15) is 30.7 Å². The van der Waals surface area contributed by atoms with Crippen LogP contribution < -0.4 is 4.90 Å². The molecule has 168 valence electrons. The summed E-state index contributed by atoms with van der Waals surface area (Å²) in [6.07, 6.45) is 2.82. The predicted molar refractivity (Wildman–Crippen MR) is 118 cm³/mol. The second kappa shape index (κ2) is 9.18. The van der Waals surface area contributed by atoms with Crippen LogP contribution in [0.15, 0.2) is 35.2 Å². The van der Waals surface area contributed by atoms with Crippen molar-refractivity contribution in [1.29, 1.82) is 0 Å². The molecule has 0 bridgehead atoms. The van der Waals surface area contributed by atoms with Gasteiger partial charge < -0.3 is 4.90 Å². The first kappa shape index (κ1) is 22.1. The van der Waals surface area contributed by atoms with E-state index in [1.165, 1.54) is 24.3 Å². The molecule has 2 aromatic rings. The van der Waals surface area contributed by atoms with Gasteiger partial charge in [0.2, 0.25) is 16.0 Å². The van der Waals surface area contributed by atoms with Crippen molar-refractivity contribution in [3.63, 3.8) is 0 Å². The SMILES string of the molecule is Cc1cc(C)nc(N2CCC(N3CCCN(S(=O)(=O)c4ccc(F)cc4)CC3)CC2)n1. The third-order valence-electron chi connectivity index (χ3n) is 6.18. The largest absolute Gasteiger partial charge is 0.341 e. The lowest BCUT2D eigenvalue weighted by atomic mass is 10.0. The molecule has 0 aliphatic carbocycles. The molecule has 9 heteroatoms. The number of nitrogens with zero attached hydrogens (tertiary/aromatic N) is 5. The summed E-state index contributed by atoms with van der Waals surface area (Å²) in [4.78, 5) is 14.0. The van der Waals surface area contributed by atoms with Crippen LogP contribution in [0.25, 0.3) is 0 Å². The molecule has 0 N–H and O–H groups in total. The van der Waals surface area contributed by atoms with Crippen LogP contribution >= 0.6 is 0 Å². The average molecular weight is 448 g/mol. The molecule has 0 radical (unpaired) electrons. The number of sulfonamides is 1. The maximum atomic E-state index is 13.2. The van der Waals surface area contributed by atoms with E-state index in [-0.39, 0.29) is 4.90 Å². The van der Waals surface area contributed by atoms with Gasteiger partial charge in [-0.1, -0.05) is 0 Å². The van der Waals surface area contributed by atoms with Gasteiger partial charge in [-0.05, 0) is 70.0 Å². The monoisotopic (exact) mass is 447 g/mol. The van der Waals surface area contributed by atoms with Crippen molar-refractivity contribution in [2.75, 3.05) is 44.2 Å². The van der Waals surface area contributed by atoms with Crippen molar-refractivity contribution in [3.8, 4) is 0 Å². The number of aryl methyl sites for hydroxylation is 2. The highest BCUT2D eigenvalue weighted by molar-refractivity contribution is 7.89. The van der Waals surface area contributed by atoms with E-state index in [1.54, 1.807) is 4.31 Å². The first-order valence-corrected chi connectivity index (χ1v) is 12.3.